The second kappa shape index (κ2) is 13.5. The smallest absolute Gasteiger partial charge is 0.0348 e. The molecule has 0 nitrogen and oxygen atoms in total. The third-order valence-corrected chi connectivity index (χ3v) is 2.48. The average Bonchev–Trinajstić information content (AvgIpc) is 2.26. The maximum absolute atomic E-state index is 3.85. The van der Waals surface area contributed by atoms with E-state index in [0.717, 1.165) is 6.42 Å². The van der Waals surface area contributed by atoms with Crippen LogP contribution < -0.4 is 0 Å². The quantitative estimate of drug-likeness (QED) is 0.329. The van der Waals surface area contributed by atoms with Crippen molar-refractivity contribution in [3.63, 3.8) is 0 Å². The third-order valence-electron chi connectivity index (χ3n) is 2.48. The van der Waals surface area contributed by atoms with Crippen LogP contribution in [0.15, 0.2) is 24.3 Å². The van der Waals surface area contributed by atoms with Gasteiger partial charge in [0.25, 0.3) is 0 Å². The molecule has 0 aliphatic rings. The van der Waals surface area contributed by atoms with Gasteiger partial charge in [0.15, 0.2) is 0 Å². The molecule has 0 saturated heterocycles. The molecule has 0 fully saturated rings. The predicted molar refractivity (Wildman–Crippen MR) is 70.9 cm³/mol. The van der Waals surface area contributed by atoms with Crippen LogP contribution in [0.5, 0.6) is 0 Å². The summed E-state index contributed by atoms with van der Waals surface area (Å²) in [6.07, 6.45) is 20.4. The van der Waals surface area contributed by atoms with Crippen molar-refractivity contribution in [1.82, 2.24) is 0 Å². The van der Waals surface area contributed by atoms with Crippen molar-refractivity contribution in [2.75, 3.05) is 0 Å². The van der Waals surface area contributed by atoms with Crippen LogP contribution in [0.25, 0.3) is 0 Å². The summed E-state index contributed by atoms with van der Waals surface area (Å²) in [6.45, 7) is 6.08. The van der Waals surface area contributed by atoms with E-state index < -0.39 is 0 Å². The van der Waals surface area contributed by atoms with Crippen LogP contribution in [-0.2, 0) is 0 Å². The molecule has 0 aromatic heterocycles. The maximum Gasteiger partial charge on any atom is -0.0348 e. The van der Waals surface area contributed by atoms with Gasteiger partial charge in [-0.25, -0.2) is 0 Å². The van der Waals surface area contributed by atoms with E-state index in [4.69, 9.17) is 0 Å². The molecule has 0 bridgehead atoms. The van der Waals surface area contributed by atoms with Gasteiger partial charge in [0.05, 0.1) is 0 Å². The number of hydrogen-bond acceptors (Lipinski definition) is 0. The fourth-order valence-electron chi connectivity index (χ4n) is 1.46. The first-order valence-corrected chi connectivity index (χ1v) is 6.52. The van der Waals surface area contributed by atoms with Crippen molar-refractivity contribution < 1.29 is 0 Å². The number of rotatable bonds is 10. The Kier molecular flexibility index (Phi) is 13.0. The minimum atomic E-state index is 1.09. The zero-order chi connectivity index (χ0) is 11.2. The molecule has 0 aliphatic heterocycles. The van der Waals surface area contributed by atoms with Gasteiger partial charge in [-0.2, -0.15) is 0 Å². The van der Waals surface area contributed by atoms with Gasteiger partial charge in [-0.05, 0) is 19.3 Å². The monoisotopic (exact) mass is 207 g/mol. The van der Waals surface area contributed by atoms with E-state index in [1.165, 1.54) is 51.4 Å². The first kappa shape index (κ1) is 14.5. The molecule has 0 amide bonds. The molecule has 0 N–H and O–H groups in total. The Bertz CT molecular complexity index is 153. The average molecular weight is 207 g/mol. The number of allylic oxidation sites excluding steroid dienone is 4. The molecule has 0 atom stereocenters. The first-order valence-electron chi connectivity index (χ1n) is 6.52. The van der Waals surface area contributed by atoms with E-state index in [1.807, 2.05) is 0 Å². The standard InChI is InChI=1S/C15H27/c1-3-5-7-9-11-13-15-14-12-10-8-6-4-2/h10,12,14-15H,1,3-9,11,13H2,2H3/b12-10+,15-14+. The molecule has 1 radical (unpaired) electrons. The van der Waals surface area contributed by atoms with Gasteiger partial charge in [-0.3, -0.25) is 0 Å². The minimum Gasteiger partial charge on any atom is -0.0845 e. The summed E-state index contributed by atoms with van der Waals surface area (Å²) < 4.78 is 0. The van der Waals surface area contributed by atoms with Crippen LogP contribution in [0.2, 0.25) is 0 Å². The number of unbranched alkanes of at least 4 members (excludes halogenated alkanes) is 7. The summed E-state index contributed by atoms with van der Waals surface area (Å²) in [5.74, 6) is 0. The van der Waals surface area contributed by atoms with Gasteiger partial charge in [0.2, 0.25) is 0 Å². The molecule has 0 heteroatoms. The molecule has 0 aliphatic carbocycles. The second-order valence-corrected chi connectivity index (χ2v) is 4.05. The second-order valence-electron chi connectivity index (χ2n) is 4.05. The molecule has 0 heterocycles. The van der Waals surface area contributed by atoms with Crippen LogP contribution in [0.4, 0.5) is 0 Å². The Morgan fingerprint density at radius 3 is 2.00 bits per heavy atom. The van der Waals surface area contributed by atoms with E-state index in [-0.39, 0.29) is 0 Å². The van der Waals surface area contributed by atoms with Crippen molar-refractivity contribution in [1.29, 1.82) is 0 Å². The summed E-state index contributed by atoms with van der Waals surface area (Å²) >= 11 is 0. The van der Waals surface area contributed by atoms with Crippen molar-refractivity contribution >= 4 is 0 Å². The van der Waals surface area contributed by atoms with Gasteiger partial charge in [-0.1, -0.05) is 76.7 Å². The maximum atomic E-state index is 3.85. The SMILES string of the molecule is [CH2]CCCCCC/C=C/C=C/CCCC. The summed E-state index contributed by atoms with van der Waals surface area (Å²) in [4.78, 5) is 0. The van der Waals surface area contributed by atoms with E-state index in [9.17, 15) is 0 Å². The largest absolute Gasteiger partial charge is 0.0845 e. The van der Waals surface area contributed by atoms with Crippen LogP contribution >= 0.6 is 0 Å². The van der Waals surface area contributed by atoms with Crippen LogP contribution in [-0.4, -0.2) is 0 Å². The zero-order valence-corrected chi connectivity index (χ0v) is 10.4. The molecule has 0 spiro atoms. The molecule has 0 aromatic rings. The molecule has 15 heavy (non-hydrogen) atoms. The normalized spacial score (nSPS) is 11.9. The van der Waals surface area contributed by atoms with Crippen LogP contribution in [0, 0.1) is 6.92 Å². The fraction of sp³-hybridized carbons (Fsp3) is 0.667. The Labute approximate surface area is 96.5 Å². The van der Waals surface area contributed by atoms with Crippen molar-refractivity contribution in [2.24, 2.45) is 0 Å². The van der Waals surface area contributed by atoms with Gasteiger partial charge in [0.1, 0.15) is 0 Å². The lowest BCUT2D eigenvalue weighted by atomic mass is 10.1. The minimum absolute atomic E-state index is 1.09. The van der Waals surface area contributed by atoms with Crippen molar-refractivity contribution in [3.05, 3.63) is 31.2 Å². The highest BCUT2D eigenvalue weighted by Gasteiger charge is 1.85. The van der Waals surface area contributed by atoms with Crippen molar-refractivity contribution in [3.8, 4) is 0 Å². The summed E-state index contributed by atoms with van der Waals surface area (Å²) in [7, 11) is 0. The molecule has 0 unspecified atom stereocenters. The molecule has 0 rings (SSSR count). The lowest BCUT2D eigenvalue weighted by molar-refractivity contribution is 0.651. The van der Waals surface area contributed by atoms with Crippen LogP contribution in [0.3, 0.4) is 0 Å². The lowest BCUT2D eigenvalue weighted by Crippen LogP contribution is -1.75. The van der Waals surface area contributed by atoms with E-state index in [0.29, 0.717) is 0 Å². The van der Waals surface area contributed by atoms with Crippen molar-refractivity contribution in [2.45, 2.75) is 64.7 Å². The topological polar surface area (TPSA) is 0 Å². The van der Waals surface area contributed by atoms with Gasteiger partial charge >= 0.3 is 0 Å². The molecule has 0 aromatic carbocycles. The highest BCUT2D eigenvalue weighted by Crippen LogP contribution is 2.05. The molecular formula is C15H27. The summed E-state index contributed by atoms with van der Waals surface area (Å²) in [5, 5.41) is 0. The Morgan fingerprint density at radius 2 is 1.40 bits per heavy atom. The highest BCUT2D eigenvalue weighted by molar-refractivity contribution is 5.02. The number of hydrogen-bond donors (Lipinski definition) is 0. The summed E-state index contributed by atoms with van der Waals surface area (Å²) in [6, 6.07) is 0. The van der Waals surface area contributed by atoms with Gasteiger partial charge < -0.3 is 0 Å². The Hall–Kier alpha value is -0.520. The van der Waals surface area contributed by atoms with Crippen LogP contribution in [0.1, 0.15) is 64.7 Å². The Morgan fingerprint density at radius 1 is 0.800 bits per heavy atom. The zero-order valence-electron chi connectivity index (χ0n) is 10.4. The van der Waals surface area contributed by atoms with E-state index >= 15 is 0 Å². The summed E-state index contributed by atoms with van der Waals surface area (Å²) in [5.41, 5.74) is 0. The lowest BCUT2D eigenvalue weighted by Gasteiger charge is -1.95. The molecule has 0 saturated carbocycles. The first-order chi connectivity index (χ1) is 7.41. The van der Waals surface area contributed by atoms with Gasteiger partial charge in [0, 0.05) is 0 Å². The molecular weight excluding hydrogens is 180 g/mol. The fourth-order valence-corrected chi connectivity index (χ4v) is 1.46. The Balaban J connectivity index is 3.13. The predicted octanol–water partition coefficient (Wildman–Crippen LogP) is 5.46. The molecule has 87 valence electrons. The highest BCUT2D eigenvalue weighted by atomic mass is 13.9. The van der Waals surface area contributed by atoms with E-state index in [1.54, 1.807) is 0 Å². The third kappa shape index (κ3) is 13.5. The van der Waals surface area contributed by atoms with Gasteiger partial charge in [-0.15, -0.1) is 0 Å². The van der Waals surface area contributed by atoms with E-state index in [2.05, 4.69) is 38.2 Å².